The first-order valence-corrected chi connectivity index (χ1v) is 0.672. The predicted molar refractivity (Wildman–Crippen MR) is 9.08 cm³/mol. The van der Waals surface area contributed by atoms with Crippen LogP contribution in [0.3, 0.4) is 0 Å². The van der Waals surface area contributed by atoms with Gasteiger partial charge in [0.25, 0.3) is 0 Å². The first-order valence-electron chi connectivity index (χ1n) is 0.672. The summed E-state index contributed by atoms with van der Waals surface area (Å²) in [4.78, 5) is 0. The van der Waals surface area contributed by atoms with E-state index in [1.54, 1.807) is 0 Å². The van der Waals surface area contributed by atoms with Crippen LogP contribution in [0.4, 0.5) is 8.63 Å². The van der Waals surface area contributed by atoms with Crippen LogP contribution < -0.4 is 5.02 Å². The molecule has 4 heavy (non-hydrogen) atoms. The third-order valence-electron chi connectivity index (χ3n) is 0. The lowest BCUT2D eigenvalue weighted by atomic mass is 10.4. The zero-order valence-corrected chi connectivity index (χ0v) is 1.74. The quantitative estimate of drug-likeness (QED) is 0.345. The summed E-state index contributed by atoms with van der Waals surface area (Å²) in [6.07, 6.45) is 0. The maximum absolute atomic E-state index is 9.78. The molecule has 24 valence electrons. The van der Waals surface area contributed by atoms with Gasteiger partial charge in [-0.05, 0) is 0 Å². The van der Waals surface area contributed by atoms with Crippen molar-refractivity contribution in [2.45, 2.75) is 0 Å². The summed E-state index contributed by atoms with van der Waals surface area (Å²) in [5, 5.41) is 8.19. The van der Waals surface area contributed by atoms with E-state index in [1.807, 2.05) is 0 Å². The highest BCUT2D eigenvalue weighted by molar-refractivity contribution is 6.30. The van der Waals surface area contributed by atoms with Crippen LogP contribution in [0.25, 0.3) is 0 Å². The second-order valence-corrected chi connectivity index (χ2v) is 0.261. The van der Waals surface area contributed by atoms with Crippen molar-refractivity contribution in [3.63, 3.8) is 0 Å². The van der Waals surface area contributed by atoms with Gasteiger partial charge in [-0.1, -0.05) is 0 Å². The minimum Gasteiger partial charge on any atom is -0.824 e. The Balaban J connectivity index is 0. The summed E-state index contributed by atoms with van der Waals surface area (Å²) < 4.78 is 19.6. The van der Waals surface area contributed by atoms with E-state index in [1.165, 1.54) is 0 Å². The molecule has 0 amide bonds. The van der Waals surface area contributed by atoms with Gasteiger partial charge in [0.05, 0.1) is 0 Å². The summed E-state index contributed by atoms with van der Waals surface area (Å²) in [6, 6.07) is 0. The molecule has 1 nitrogen and oxygen atoms in total. The van der Waals surface area contributed by atoms with Crippen LogP contribution in [-0.4, -0.2) is 7.47 Å². The van der Waals surface area contributed by atoms with E-state index in [9.17, 15) is 8.63 Å². The molecule has 0 unspecified atom stereocenters. The van der Waals surface area contributed by atoms with Crippen LogP contribution in [0.2, 0.25) is 0 Å². The van der Waals surface area contributed by atoms with E-state index in [0.717, 1.165) is 0 Å². The normalized spacial score (nSPS) is 6.75. The van der Waals surface area contributed by atoms with E-state index < -0.39 is 7.47 Å². The number of halogens is 2. The van der Waals surface area contributed by atoms with Crippen molar-refractivity contribution in [3.05, 3.63) is 0 Å². The lowest BCUT2D eigenvalue weighted by molar-refractivity contribution is -0.223. The van der Waals surface area contributed by atoms with Gasteiger partial charge in [0, 0.05) is 0 Å². The smallest absolute Gasteiger partial charge is 0.824 e. The minimum atomic E-state index is -3.42. The Labute approximate surface area is 23.9 Å². The highest BCUT2D eigenvalue weighted by Crippen LogP contribution is 1.63. The summed E-state index contributed by atoms with van der Waals surface area (Å²) in [6.45, 7) is 0. The maximum atomic E-state index is 9.78. The van der Waals surface area contributed by atoms with Gasteiger partial charge in [-0.25, -0.2) is 0 Å². The zero-order valence-electron chi connectivity index (χ0n) is 2.74. The third kappa shape index (κ3) is 111. The predicted octanol–water partition coefficient (Wildman–Crippen LogP) is -0.617. The van der Waals surface area contributed by atoms with Gasteiger partial charge in [-0.15, -0.1) is 0 Å². The molecule has 0 fully saturated rings. The van der Waals surface area contributed by atoms with Crippen LogP contribution in [0.1, 0.15) is 1.43 Å². The summed E-state index contributed by atoms with van der Waals surface area (Å²) in [5.74, 6) is 0. The molecule has 0 radical (unpaired) electrons. The minimum absolute atomic E-state index is 0. The highest BCUT2D eigenvalue weighted by atomic mass is 19.2. The zero-order chi connectivity index (χ0) is 3.58. The monoisotopic (exact) mass is 66.0 g/mol. The fourth-order valence-electron chi connectivity index (χ4n) is 0. The fraction of sp³-hybridized carbons (Fsp3) is 0. The molecule has 0 aromatic rings. The van der Waals surface area contributed by atoms with Gasteiger partial charge in [0.1, 0.15) is 0 Å². The van der Waals surface area contributed by atoms with E-state index in [2.05, 4.69) is 0 Å². The van der Waals surface area contributed by atoms with Crippen molar-refractivity contribution in [2.24, 2.45) is 0 Å². The molecule has 0 bridgehead atoms. The molecule has 0 saturated heterocycles. The number of rotatable bonds is 0. The Morgan fingerprint density at radius 3 is 1.75 bits per heavy atom. The van der Waals surface area contributed by atoms with E-state index in [0.29, 0.717) is 0 Å². The molecule has 0 saturated carbocycles. The second kappa shape index (κ2) is 1.23. The molecule has 0 atom stereocenters. The lowest BCUT2D eigenvalue weighted by Gasteiger charge is -1.84. The molecule has 0 aliphatic heterocycles. The molecule has 0 aromatic carbocycles. The largest absolute Gasteiger partial charge is 1.00 e. The fourth-order valence-corrected chi connectivity index (χ4v) is 0. The van der Waals surface area contributed by atoms with Crippen LogP contribution in [0, 0.1) is 0 Å². The topological polar surface area (TPSA) is 23.1 Å². The number of hydrogen-bond donors (Lipinski definition) is 0. The van der Waals surface area contributed by atoms with E-state index >= 15 is 0 Å². The van der Waals surface area contributed by atoms with E-state index in [-0.39, 0.29) is 1.43 Å². The van der Waals surface area contributed by atoms with Gasteiger partial charge in [0.15, 0.2) is 0 Å². The molecule has 0 aliphatic rings. The Kier molecular flexibility index (Phi) is 1.20. The second-order valence-electron chi connectivity index (χ2n) is 0.261. The molecular weight excluding hydrogens is 64.8 g/mol. The van der Waals surface area contributed by atoms with Crippen molar-refractivity contribution in [1.82, 2.24) is 0 Å². The van der Waals surface area contributed by atoms with E-state index in [4.69, 9.17) is 5.02 Å². The summed E-state index contributed by atoms with van der Waals surface area (Å²) >= 11 is 0. The third-order valence-corrected chi connectivity index (χ3v) is 0. The van der Waals surface area contributed by atoms with Gasteiger partial charge in [-0.3, -0.25) is 0 Å². The Bertz CT molecular complexity index is 14.4. The molecule has 4 heteroatoms. The first-order chi connectivity index (χ1) is 1.73. The molecule has 0 spiro atoms. The van der Waals surface area contributed by atoms with Crippen LogP contribution in [0.15, 0.2) is 0 Å². The molecule has 0 N–H and O–H groups in total. The van der Waals surface area contributed by atoms with Crippen molar-refractivity contribution < 1.29 is 15.1 Å². The molecule has 0 aliphatic carbocycles. The Morgan fingerprint density at radius 2 is 1.75 bits per heavy atom. The number of hydrogen-bond acceptors (Lipinski definition) is 1. The van der Waals surface area contributed by atoms with Gasteiger partial charge < -0.3 is 13.7 Å². The maximum Gasteiger partial charge on any atom is 1.00 e. The Morgan fingerprint density at radius 1 is 1.75 bits per heavy atom. The van der Waals surface area contributed by atoms with Crippen LogP contribution in [-0.2, 0) is 0 Å². The first kappa shape index (κ1) is 3.88. The molecule has 0 heterocycles. The SMILES string of the molecule is [H+].[O-]B(F)F. The highest BCUT2D eigenvalue weighted by Gasteiger charge is 1.79. The summed E-state index contributed by atoms with van der Waals surface area (Å²) in [7, 11) is -3.42. The lowest BCUT2D eigenvalue weighted by Crippen LogP contribution is -2.17. The Hall–Kier alpha value is -0.115. The average Bonchev–Trinajstić information content (AvgIpc) is 0.811. The molecular formula is HBF2O. The average molecular weight is 65.8 g/mol. The summed E-state index contributed by atoms with van der Waals surface area (Å²) in [5.41, 5.74) is 0. The van der Waals surface area contributed by atoms with Crippen molar-refractivity contribution in [3.8, 4) is 0 Å². The van der Waals surface area contributed by atoms with Crippen molar-refractivity contribution in [2.75, 3.05) is 0 Å². The van der Waals surface area contributed by atoms with Crippen LogP contribution >= 0.6 is 0 Å². The van der Waals surface area contributed by atoms with Gasteiger partial charge in [-0.2, -0.15) is 0 Å². The van der Waals surface area contributed by atoms with Gasteiger partial charge >= 0.3 is 8.90 Å². The van der Waals surface area contributed by atoms with Crippen LogP contribution in [0.5, 0.6) is 0 Å². The van der Waals surface area contributed by atoms with Crippen molar-refractivity contribution >= 4 is 7.47 Å². The molecule has 0 rings (SSSR count). The molecule has 0 aromatic heterocycles. The van der Waals surface area contributed by atoms with Gasteiger partial charge in [0.2, 0.25) is 0 Å². The standard InChI is InChI=1S/BF2O/c2-1(3)4/q-1/p+1. The van der Waals surface area contributed by atoms with Crippen molar-refractivity contribution in [1.29, 1.82) is 0 Å².